The van der Waals surface area contributed by atoms with Crippen molar-refractivity contribution < 1.29 is 13.3 Å². The highest BCUT2D eigenvalue weighted by Crippen LogP contribution is 2.15. The van der Waals surface area contributed by atoms with Crippen LogP contribution in [0, 0.1) is 0 Å². The van der Waals surface area contributed by atoms with E-state index in [4.69, 9.17) is 19.0 Å². The molecule has 0 aliphatic heterocycles. The molecule has 0 bridgehead atoms. The van der Waals surface area contributed by atoms with Crippen LogP contribution in [-0.4, -0.2) is 47.6 Å². The second kappa shape index (κ2) is 6.49. The van der Waals surface area contributed by atoms with Crippen LogP contribution in [0.2, 0.25) is 0 Å². The van der Waals surface area contributed by atoms with Crippen molar-refractivity contribution in [3.8, 4) is 0 Å². The molecule has 0 aliphatic rings. The molecule has 6 heteroatoms. The number of nitrogens with zero attached hydrogens (tertiary/aromatic N) is 1. The standard InChI is InChI=1S/C8H22N2O3Si/c1-6-7-10(8(2)9)14(11-3,12-4)13-5/h8H,6-7,9H2,1-5H3. The second-order valence-electron chi connectivity index (χ2n) is 3.07. The summed E-state index contributed by atoms with van der Waals surface area (Å²) in [5.41, 5.74) is 5.86. The Morgan fingerprint density at radius 2 is 1.64 bits per heavy atom. The molecule has 2 N–H and O–H groups in total. The molecule has 0 radical (unpaired) electrons. The van der Waals surface area contributed by atoms with Gasteiger partial charge in [-0.05, 0) is 19.9 Å². The Balaban J connectivity index is 4.70. The van der Waals surface area contributed by atoms with Gasteiger partial charge < -0.3 is 19.0 Å². The van der Waals surface area contributed by atoms with E-state index in [9.17, 15) is 0 Å². The predicted octanol–water partition coefficient (Wildman–Crippen LogP) is 0.378. The third-order valence-electron chi connectivity index (χ3n) is 2.08. The van der Waals surface area contributed by atoms with E-state index < -0.39 is 8.97 Å². The van der Waals surface area contributed by atoms with Crippen molar-refractivity contribution in [2.45, 2.75) is 26.4 Å². The van der Waals surface area contributed by atoms with E-state index in [1.165, 1.54) is 0 Å². The minimum absolute atomic E-state index is 0.138. The van der Waals surface area contributed by atoms with Gasteiger partial charge in [0.05, 0.1) is 6.17 Å². The number of rotatable bonds is 7. The molecular formula is C8H22N2O3Si. The lowest BCUT2D eigenvalue weighted by molar-refractivity contribution is 0.0447. The van der Waals surface area contributed by atoms with Crippen molar-refractivity contribution in [1.82, 2.24) is 4.57 Å². The van der Waals surface area contributed by atoms with Crippen LogP contribution in [0.25, 0.3) is 0 Å². The summed E-state index contributed by atoms with van der Waals surface area (Å²) in [6, 6.07) is 0. The number of nitrogens with two attached hydrogens (primary N) is 1. The Labute approximate surface area is 87.6 Å². The van der Waals surface area contributed by atoms with Gasteiger partial charge in [0.1, 0.15) is 0 Å². The molecule has 0 aromatic rings. The number of hydrogen-bond acceptors (Lipinski definition) is 5. The van der Waals surface area contributed by atoms with Gasteiger partial charge in [0.15, 0.2) is 0 Å². The Kier molecular flexibility index (Phi) is 6.50. The summed E-state index contributed by atoms with van der Waals surface area (Å²) >= 11 is 0. The fourth-order valence-electron chi connectivity index (χ4n) is 1.43. The van der Waals surface area contributed by atoms with Crippen molar-refractivity contribution in [3.63, 3.8) is 0 Å². The average Bonchev–Trinajstić information content (AvgIpc) is 2.19. The van der Waals surface area contributed by atoms with E-state index in [0.717, 1.165) is 13.0 Å². The summed E-state index contributed by atoms with van der Waals surface area (Å²) in [7, 11) is 2.04. The van der Waals surface area contributed by atoms with E-state index in [1.54, 1.807) is 21.3 Å². The molecule has 0 spiro atoms. The smallest absolute Gasteiger partial charge is 0.364 e. The normalized spacial score (nSPS) is 14.8. The lowest BCUT2D eigenvalue weighted by Gasteiger charge is -2.37. The first-order valence-corrected chi connectivity index (χ1v) is 6.42. The molecule has 0 aliphatic carbocycles. The van der Waals surface area contributed by atoms with E-state index in [0.29, 0.717) is 0 Å². The molecular weight excluding hydrogens is 200 g/mol. The molecule has 0 saturated carbocycles. The molecule has 0 heterocycles. The van der Waals surface area contributed by atoms with Crippen molar-refractivity contribution in [2.75, 3.05) is 27.9 Å². The van der Waals surface area contributed by atoms with Gasteiger partial charge in [-0.25, -0.2) is 4.57 Å². The summed E-state index contributed by atoms with van der Waals surface area (Å²) in [6.07, 6.45) is 0.841. The first kappa shape index (κ1) is 14.0. The summed E-state index contributed by atoms with van der Waals surface area (Å²) in [5, 5.41) is 0. The molecule has 1 atom stereocenters. The predicted molar refractivity (Wildman–Crippen MR) is 57.4 cm³/mol. The van der Waals surface area contributed by atoms with E-state index in [-0.39, 0.29) is 6.17 Å². The Bertz CT molecular complexity index is 145. The van der Waals surface area contributed by atoms with Gasteiger partial charge in [-0.2, -0.15) is 0 Å². The van der Waals surface area contributed by atoms with Crippen molar-refractivity contribution in [1.29, 1.82) is 0 Å². The third kappa shape index (κ3) is 3.01. The zero-order valence-electron chi connectivity index (χ0n) is 9.74. The maximum Gasteiger partial charge on any atom is 0.600 e. The van der Waals surface area contributed by atoms with E-state index in [2.05, 4.69) is 6.92 Å². The van der Waals surface area contributed by atoms with E-state index in [1.807, 2.05) is 11.5 Å². The summed E-state index contributed by atoms with van der Waals surface area (Å²) < 4.78 is 18.0. The first-order chi connectivity index (χ1) is 6.57. The van der Waals surface area contributed by atoms with Crippen LogP contribution in [0.5, 0.6) is 0 Å². The van der Waals surface area contributed by atoms with Crippen LogP contribution in [0.15, 0.2) is 0 Å². The number of hydrogen-bond donors (Lipinski definition) is 1. The summed E-state index contributed by atoms with van der Waals surface area (Å²) in [6.45, 7) is 4.78. The lowest BCUT2D eigenvalue weighted by atomic mass is 10.4. The zero-order valence-corrected chi connectivity index (χ0v) is 10.7. The van der Waals surface area contributed by atoms with Gasteiger partial charge in [0.25, 0.3) is 0 Å². The molecule has 0 aromatic carbocycles. The molecule has 0 fully saturated rings. The summed E-state index contributed by atoms with van der Waals surface area (Å²) in [5.74, 6) is 0. The van der Waals surface area contributed by atoms with E-state index >= 15 is 0 Å². The maximum atomic E-state index is 5.86. The fraction of sp³-hybridized carbons (Fsp3) is 1.00. The van der Waals surface area contributed by atoms with Gasteiger partial charge in [-0.1, -0.05) is 6.92 Å². The van der Waals surface area contributed by atoms with Crippen LogP contribution in [0.4, 0.5) is 0 Å². The molecule has 5 nitrogen and oxygen atoms in total. The third-order valence-corrected chi connectivity index (χ3v) is 4.96. The molecule has 14 heavy (non-hydrogen) atoms. The fourth-order valence-corrected chi connectivity index (χ4v) is 3.63. The maximum absolute atomic E-state index is 5.86. The Morgan fingerprint density at radius 1 is 1.21 bits per heavy atom. The van der Waals surface area contributed by atoms with Gasteiger partial charge in [-0.15, -0.1) is 0 Å². The van der Waals surface area contributed by atoms with Crippen molar-refractivity contribution in [3.05, 3.63) is 0 Å². The minimum atomic E-state index is -2.72. The highest BCUT2D eigenvalue weighted by molar-refractivity contribution is 6.57. The molecule has 86 valence electrons. The molecule has 0 saturated heterocycles. The summed E-state index contributed by atoms with van der Waals surface area (Å²) in [4.78, 5) is 0. The largest absolute Gasteiger partial charge is 0.600 e. The zero-order chi connectivity index (χ0) is 11.2. The lowest BCUT2D eigenvalue weighted by Crippen LogP contribution is -2.64. The minimum Gasteiger partial charge on any atom is -0.364 e. The van der Waals surface area contributed by atoms with Crippen LogP contribution in [-0.2, 0) is 13.3 Å². The molecule has 1 unspecified atom stereocenters. The Hall–Kier alpha value is 0.0169. The monoisotopic (exact) mass is 222 g/mol. The topological polar surface area (TPSA) is 57.0 Å². The van der Waals surface area contributed by atoms with Gasteiger partial charge in [0, 0.05) is 21.3 Å². The molecule has 0 amide bonds. The van der Waals surface area contributed by atoms with Gasteiger partial charge in [-0.3, -0.25) is 0 Å². The van der Waals surface area contributed by atoms with Crippen LogP contribution in [0.3, 0.4) is 0 Å². The van der Waals surface area contributed by atoms with Crippen LogP contribution >= 0.6 is 0 Å². The molecule has 0 aromatic heterocycles. The Morgan fingerprint density at radius 3 is 1.86 bits per heavy atom. The first-order valence-electron chi connectivity index (χ1n) is 4.75. The van der Waals surface area contributed by atoms with Gasteiger partial charge >= 0.3 is 8.97 Å². The van der Waals surface area contributed by atoms with Crippen LogP contribution in [0.1, 0.15) is 20.3 Å². The van der Waals surface area contributed by atoms with Gasteiger partial charge in [0.2, 0.25) is 0 Å². The van der Waals surface area contributed by atoms with Crippen LogP contribution < -0.4 is 5.73 Å². The van der Waals surface area contributed by atoms with Crippen molar-refractivity contribution >= 4 is 8.97 Å². The second-order valence-corrected chi connectivity index (χ2v) is 5.92. The molecule has 0 rings (SSSR count). The average molecular weight is 222 g/mol. The quantitative estimate of drug-likeness (QED) is 0.498. The SMILES string of the molecule is CCCN(C(C)N)[Si](OC)(OC)OC. The highest BCUT2D eigenvalue weighted by atomic mass is 28.4. The highest BCUT2D eigenvalue weighted by Gasteiger charge is 2.47. The van der Waals surface area contributed by atoms with Crippen molar-refractivity contribution in [2.24, 2.45) is 5.73 Å².